The summed E-state index contributed by atoms with van der Waals surface area (Å²) < 4.78 is -2.00. The van der Waals surface area contributed by atoms with Gasteiger partial charge in [0.15, 0.2) is 4.33 Å². The molecule has 2 aromatic carbocycles. The van der Waals surface area contributed by atoms with Crippen molar-refractivity contribution >= 4 is 110 Å². The maximum absolute atomic E-state index is 13.4. The Morgan fingerprint density at radius 1 is 0.857 bits per heavy atom. The molecule has 2 bridgehead atoms. The summed E-state index contributed by atoms with van der Waals surface area (Å²) in [6.45, 7) is 1.78. The molecule has 1 saturated heterocycles. The number of hydrogen-bond donors (Lipinski definition) is 1. The summed E-state index contributed by atoms with van der Waals surface area (Å²) in [5, 5.41) is 2.99. The van der Waals surface area contributed by atoms with Crippen molar-refractivity contribution in [3.05, 3.63) is 68.7 Å². The number of carbonyl (C=O) groups is 3. The van der Waals surface area contributed by atoms with Crippen molar-refractivity contribution in [3.8, 4) is 0 Å². The second-order valence-electron chi connectivity index (χ2n) is 8.51. The second-order valence-corrected chi connectivity index (χ2v) is 12.2. The Morgan fingerprint density at radius 3 is 1.89 bits per heavy atom. The van der Waals surface area contributed by atoms with Gasteiger partial charge in [-0.25, -0.2) is 4.90 Å². The lowest BCUT2D eigenvalue weighted by Gasteiger charge is -2.34. The first-order valence-electron chi connectivity index (χ1n) is 10.2. The van der Waals surface area contributed by atoms with Crippen LogP contribution in [0.2, 0.25) is 5.02 Å². The molecule has 3 aliphatic rings. The van der Waals surface area contributed by atoms with Crippen molar-refractivity contribution in [1.29, 1.82) is 0 Å². The predicted molar refractivity (Wildman–Crippen MR) is 140 cm³/mol. The van der Waals surface area contributed by atoms with Crippen molar-refractivity contribution in [2.24, 2.45) is 11.8 Å². The van der Waals surface area contributed by atoms with Gasteiger partial charge < -0.3 is 5.32 Å². The molecule has 12 heteroatoms. The smallest absolute Gasteiger partial charge is 0.255 e. The van der Waals surface area contributed by atoms with Crippen LogP contribution in [-0.4, -0.2) is 31.8 Å². The zero-order valence-electron chi connectivity index (χ0n) is 17.5. The minimum atomic E-state index is -2.00. The Kier molecular flexibility index (Phi) is 5.94. The fourth-order valence-corrected chi connectivity index (χ4v) is 8.05. The summed E-state index contributed by atoms with van der Waals surface area (Å²) in [6, 6.07) is 11.1. The number of benzene rings is 2. The summed E-state index contributed by atoms with van der Waals surface area (Å²) in [7, 11) is 0. The zero-order chi connectivity index (χ0) is 25.7. The van der Waals surface area contributed by atoms with Gasteiger partial charge in [-0.1, -0.05) is 64.1 Å². The first-order chi connectivity index (χ1) is 16.3. The highest BCUT2D eigenvalue weighted by Gasteiger charge is 2.87. The topological polar surface area (TPSA) is 66.5 Å². The van der Waals surface area contributed by atoms with E-state index in [1.807, 2.05) is 0 Å². The summed E-state index contributed by atoms with van der Waals surface area (Å²) in [5.74, 6) is -4.19. The molecule has 0 aromatic heterocycles. The summed E-state index contributed by atoms with van der Waals surface area (Å²) in [5.41, 5.74) is 1.79. The lowest BCUT2D eigenvalue weighted by molar-refractivity contribution is -0.123. The molecule has 182 valence electrons. The van der Waals surface area contributed by atoms with E-state index >= 15 is 0 Å². The normalized spacial score (nSPS) is 30.8. The van der Waals surface area contributed by atoms with Crippen LogP contribution in [0.3, 0.4) is 0 Å². The minimum Gasteiger partial charge on any atom is -0.322 e. The molecular weight excluding hydrogens is 600 g/mol. The van der Waals surface area contributed by atoms with E-state index in [1.165, 1.54) is 24.3 Å². The van der Waals surface area contributed by atoms with Gasteiger partial charge in [0.05, 0.1) is 27.6 Å². The Morgan fingerprint density at radius 2 is 1.37 bits per heavy atom. The molecule has 2 aromatic rings. The lowest BCUT2D eigenvalue weighted by Crippen LogP contribution is -2.50. The monoisotopic (exact) mass is 610 g/mol. The van der Waals surface area contributed by atoms with E-state index in [-0.39, 0.29) is 15.8 Å². The number of carbonyl (C=O) groups excluding carboxylic acids is 3. The number of alkyl halides is 4. The van der Waals surface area contributed by atoms with Gasteiger partial charge in [-0.2, -0.15) is 0 Å². The third kappa shape index (κ3) is 3.07. The molecule has 1 saturated carbocycles. The van der Waals surface area contributed by atoms with E-state index in [0.29, 0.717) is 16.3 Å². The van der Waals surface area contributed by atoms with Crippen LogP contribution in [-0.2, 0) is 9.59 Å². The van der Waals surface area contributed by atoms with Crippen LogP contribution in [0.5, 0.6) is 0 Å². The molecule has 0 radical (unpaired) electrons. The largest absolute Gasteiger partial charge is 0.322 e. The van der Waals surface area contributed by atoms with Gasteiger partial charge >= 0.3 is 0 Å². The number of amides is 3. The summed E-state index contributed by atoms with van der Waals surface area (Å²) in [6.07, 6.45) is 0. The number of rotatable bonds is 3. The number of fused-ring (bicyclic) bond motifs is 5. The van der Waals surface area contributed by atoms with E-state index < -0.39 is 43.6 Å². The van der Waals surface area contributed by atoms with Crippen molar-refractivity contribution in [3.63, 3.8) is 0 Å². The van der Waals surface area contributed by atoms with Gasteiger partial charge in [0.25, 0.3) is 5.91 Å². The third-order valence-electron chi connectivity index (χ3n) is 6.81. The lowest BCUT2D eigenvalue weighted by atomic mass is 9.84. The van der Waals surface area contributed by atoms with Crippen LogP contribution in [0.25, 0.3) is 0 Å². The molecule has 4 atom stereocenters. The standard InChI is InChI=1S/C23H13Cl7N2O3/c1-9-12(24)3-2-4-13(9)31-18(33)10-5-7-11(8-6-10)32-19(34)14-15(20(32)35)22(28)17(26)16(25)21(14,27)23(22,29)30/h2-8,14-15H,1H3,(H,31,33)/t14-,15+,21-,22-/m1/s1. The van der Waals surface area contributed by atoms with E-state index in [4.69, 9.17) is 81.2 Å². The van der Waals surface area contributed by atoms with Crippen LogP contribution in [0.1, 0.15) is 15.9 Å². The van der Waals surface area contributed by atoms with Crippen LogP contribution in [0.15, 0.2) is 52.5 Å². The Bertz CT molecular complexity index is 1310. The molecule has 35 heavy (non-hydrogen) atoms. The highest BCUT2D eigenvalue weighted by atomic mass is 35.5. The van der Waals surface area contributed by atoms with Crippen LogP contribution < -0.4 is 10.2 Å². The Balaban J connectivity index is 1.44. The third-order valence-corrected chi connectivity index (χ3v) is 11.5. The average molecular weight is 614 g/mol. The van der Waals surface area contributed by atoms with E-state index in [0.717, 1.165) is 10.5 Å². The molecule has 0 unspecified atom stereocenters. The molecule has 5 nitrogen and oxygen atoms in total. The molecule has 1 N–H and O–H groups in total. The fourth-order valence-electron chi connectivity index (χ4n) is 4.95. The van der Waals surface area contributed by atoms with Crippen molar-refractivity contribution in [2.75, 3.05) is 10.2 Å². The predicted octanol–water partition coefficient (Wildman–Crippen LogP) is 6.85. The summed E-state index contributed by atoms with van der Waals surface area (Å²) in [4.78, 5) is 36.8. The van der Waals surface area contributed by atoms with Gasteiger partial charge in [0.1, 0.15) is 9.75 Å². The summed E-state index contributed by atoms with van der Waals surface area (Å²) >= 11 is 45.2. The number of imide groups is 1. The van der Waals surface area contributed by atoms with Gasteiger partial charge in [-0.05, 0) is 48.9 Å². The number of allylic oxidation sites excluding steroid dienone is 2. The SMILES string of the molecule is Cc1c(Cl)cccc1NC(=O)c1ccc(N2C(=O)[C@@H]3[C@H](C2=O)[C@@]2(Cl)C(Cl)=C(Cl)[C@@]3(Cl)C2(Cl)Cl)cc1. The molecule has 3 amide bonds. The number of halogens is 7. The molecule has 2 aliphatic carbocycles. The maximum atomic E-state index is 13.4. The van der Waals surface area contributed by atoms with E-state index in [9.17, 15) is 14.4 Å². The molecule has 2 fully saturated rings. The number of anilines is 2. The molecule has 0 spiro atoms. The van der Waals surface area contributed by atoms with Gasteiger partial charge in [-0.3, -0.25) is 14.4 Å². The molecule has 5 rings (SSSR count). The molecular formula is C23H13Cl7N2O3. The second kappa shape index (κ2) is 8.16. The van der Waals surface area contributed by atoms with Gasteiger partial charge in [0, 0.05) is 16.3 Å². The van der Waals surface area contributed by atoms with E-state index in [2.05, 4.69) is 5.32 Å². The number of hydrogen-bond acceptors (Lipinski definition) is 3. The van der Waals surface area contributed by atoms with Gasteiger partial charge in [-0.15, -0.1) is 23.2 Å². The van der Waals surface area contributed by atoms with Crippen LogP contribution in [0, 0.1) is 18.8 Å². The average Bonchev–Trinajstić information content (AvgIpc) is 3.20. The van der Waals surface area contributed by atoms with Crippen molar-refractivity contribution < 1.29 is 14.4 Å². The maximum Gasteiger partial charge on any atom is 0.255 e. The zero-order valence-corrected chi connectivity index (χ0v) is 22.8. The number of nitrogens with one attached hydrogen (secondary N) is 1. The molecule has 1 aliphatic heterocycles. The molecule has 1 heterocycles. The first-order valence-corrected chi connectivity index (χ1v) is 12.8. The van der Waals surface area contributed by atoms with Crippen LogP contribution in [0.4, 0.5) is 11.4 Å². The highest BCUT2D eigenvalue weighted by Crippen LogP contribution is 2.77. The van der Waals surface area contributed by atoms with Crippen molar-refractivity contribution in [2.45, 2.75) is 21.0 Å². The first kappa shape index (κ1) is 25.5. The van der Waals surface area contributed by atoms with Gasteiger partial charge in [0.2, 0.25) is 11.8 Å². The van der Waals surface area contributed by atoms with Crippen molar-refractivity contribution in [1.82, 2.24) is 0 Å². The van der Waals surface area contributed by atoms with Crippen LogP contribution >= 0.6 is 81.2 Å². The quantitative estimate of drug-likeness (QED) is 0.304. The number of nitrogens with zero attached hydrogens (tertiary/aromatic N) is 1. The highest BCUT2D eigenvalue weighted by molar-refractivity contribution is 6.67. The Hall–Kier alpha value is -1.18. The minimum absolute atomic E-state index is 0.159. The fraction of sp³-hybridized carbons (Fsp3) is 0.261. The van der Waals surface area contributed by atoms with E-state index in [1.54, 1.807) is 25.1 Å². The Labute approximate surface area is 235 Å².